The first-order valence-electron chi connectivity index (χ1n) is 11.7. The van der Waals surface area contributed by atoms with E-state index < -0.39 is 6.04 Å². The molecule has 3 N–H and O–H groups in total. The molecule has 0 aromatic heterocycles. The summed E-state index contributed by atoms with van der Waals surface area (Å²) in [5.41, 5.74) is 7.08. The summed E-state index contributed by atoms with van der Waals surface area (Å²) in [6.07, 6.45) is 7.50. The van der Waals surface area contributed by atoms with Crippen LogP contribution >= 0.6 is 0 Å². The molecule has 1 unspecified atom stereocenters. The van der Waals surface area contributed by atoms with Crippen molar-refractivity contribution in [1.82, 2.24) is 15.1 Å². The first kappa shape index (κ1) is 22.2. The summed E-state index contributed by atoms with van der Waals surface area (Å²) in [4.78, 5) is 29.7. The predicted molar refractivity (Wildman–Crippen MR) is 118 cm³/mol. The molecular weight excluding hydrogens is 395 g/mol. The Balaban J connectivity index is 1.44. The fraction of sp³-hybridized carbons (Fsp3) is 0.667. The van der Waals surface area contributed by atoms with E-state index >= 15 is 0 Å². The lowest BCUT2D eigenvalue weighted by atomic mass is 9.90. The Labute approximate surface area is 184 Å². The summed E-state index contributed by atoms with van der Waals surface area (Å²) in [5.74, 6) is -0.296. The number of nitrogens with zero attached hydrogens (tertiary/aromatic N) is 2. The molecule has 1 aromatic carbocycles. The number of likely N-dealkylation sites (tertiary alicyclic amines) is 1. The van der Waals surface area contributed by atoms with Gasteiger partial charge in [0.2, 0.25) is 11.8 Å². The smallest absolute Gasteiger partial charge is 0.243 e. The third-order valence-corrected chi connectivity index (χ3v) is 7.16. The van der Waals surface area contributed by atoms with Crippen LogP contribution in [-0.4, -0.2) is 58.4 Å². The lowest BCUT2D eigenvalue weighted by Gasteiger charge is -2.43. The van der Waals surface area contributed by atoms with Gasteiger partial charge in [-0.1, -0.05) is 12.1 Å². The number of carbonyl (C=O) groups excluding carboxylic acids is 2. The van der Waals surface area contributed by atoms with E-state index in [1.165, 1.54) is 12.1 Å². The maximum atomic E-state index is 13.3. The molecule has 0 radical (unpaired) electrons. The van der Waals surface area contributed by atoms with Crippen LogP contribution in [0.4, 0.5) is 4.39 Å². The van der Waals surface area contributed by atoms with Gasteiger partial charge in [-0.3, -0.25) is 14.5 Å². The van der Waals surface area contributed by atoms with E-state index in [-0.39, 0.29) is 35.8 Å². The molecule has 0 spiro atoms. The van der Waals surface area contributed by atoms with E-state index in [0.29, 0.717) is 19.0 Å². The summed E-state index contributed by atoms with van der Waals surface area (Å²) < 4.78 is 13.3. The number of benzene rings is 1. The maximum Gasteiger partial charge on any atom is 0.243 e. The number of carbonyl (C=O) groups is 2. The summed E-state index contributed by atoms with van der Waals surface area (Å²) in [5, 5.41) is 3.21. The molecule has 2 amide bonds. The average Bonchev–Trinajstić information content (AvgIpc) is 3.59. The predicted octanol–water partition coefficient (Wildman–Crippen LogP) is 2.56. The molecule has 0 bridgehead atoms. The number of piperidine rings is 1. The maximum absolute atomic E-state index is 13.3. The van der Waals surface area contributed by atoms with Crippen molar-refractivity contribution in [1.29, 1.82) is 0 Å². The minimum absolute atomic E-state index is 0.0297. The van der Waals surface area contributed by atoms with Crippen molar-refractivity contribution in [2.75, 3.05) is 6.54 Å². The van der Waals surface area contributed by atoms with Gasteiger partial charge in [0, 0.05) is 44.2 Å². The van der Waals surface area contributed by atoms with Crippen molar-refractivity contribution in [3.05, 3.63) is 35.6 Å². The molecule has 2 saturated carbocycles. The van der Waals surface area contributed by atoms with Gasteiger partial charge in [0.25, 0.3) is 0 Å². The Morgan fingerprint density at radius 3 is 2.35 bits per heavy atom. The molecule has 2 aliphatic carbocycles. The van der Waals surface area contributed by atoms with Crippen LogP contribution in [-0.2, 0) is 16.1 Å². The van der Waals surface area contributed by atoms with Gasteiger partial charge in [-0.15, -0.1) is 0 Å². The lowest BCUT2D eigenvalue weighted by Crippen LogP contribution is -2.58. The highest BCUT2D eigenvalue weighted by atomic mass is 19.1. The molecule has 4 rings (SSSR count). The summed E-state index contributed by atoms with van der Waals surface area (Å²) >= 11 is 0. The Hall–Kier alpha value is -1.99. The van der Waals surface area contributed by atoms with E-state index in [9.17, 15) is 14.0 Å². The zero-order valence-corrected chi connectivity index (χ0v) is 18.4. The van der Waals surface area contributed by atoms with Crippen molar-refractivity contribution in [3.63, 3.8) is 0 Å². The van der Waals surface area contributed by atoms with Gasteiger partial charge < -0.3 is 16.0 Å². The molecule has 1 heterocycles. The molecule has 2 atom stereocenters. The van der Waals surface area contributed by atoms with Crippen molar-refractivity contribution < 1.29 is 14.0 Å². The van der Waals surface area contributed by atoms with Crippen LogP contribution in [0.2, 0.25) is 0 Å². The van der Waals surface area contributed by atoms with E-state index in [1.54, 1.807) is 11.8 Å². The van der Waals surface area contributed by atoms with E-state index in [1.807, 2.05) is 12.1 Å². The van der Waals surface area contributed by atoms with E-state index in [4.69, 9.17) is 5.73 Å². The van der Waals surface area contributed by atoms with Gasteiger partial charge in [0.05, 0.1) is 0 Å². The highest BCUT2D eigenvalue weighted by Gasteiger charge is 2.41. The van der Waals surface area contributed by atoms with Crippen LogP contribution in [0.15, 0.2) is 24.3 Å². The number of hydrogen-bond acceptors (Lipinski definition) is 4. The summed E-state index contributed by atoms with van der Waals surface area (Å²) in [6, 6.07) is 7.41. The number of rotatable bonds is 6. The van der Waals surface area contributed by atoms with Gasteiger partial charge >= 0.3 is 0 Å². The van der Waals surface area contributed by atoms with Crippen molar-refractivity contribution in [3.8, 4) is 0 Å². The normalized spacial score (nSPS) is 29.1. The van der Waals surface area contributed by atoms with Crippen molar-refractivity contribution in [2.24, 2.45) is 5.73 Å². The second kappa shape index (κ2) is 9.65. The highest BCUT2D eigenvalue weighted by Crippen LogP contribution is 2.35. The van der Waals surface area contributed by atoms with Gasteiger partial charge in [-0.2, -0.15) is 0 Å². The summed E-state index contributed by atoms with van der Waals surface area (Å²) in [6.45, 7) is 2.90. The van der Waals surface area contributed by atoms with Gasteiger partial charge in [0.1, 0.15) is 11.9 Å². The van der Waals surface area contributed by atoms with Crippen LogP contribution < -0.4 is 11.1 Å². The Kier molecular flexibility index (Phi) is 6.92. The standard InChI is InChI=1S/C24H35FN4O2/c1-16(30)28-13-12-22(14-23(28)24(31)27-20-8-6-19(26)7-9-20)29(21-10-11-21)15-17-2-4-18(25)5-3-17/h2-5,19-23H,6-15,26H2,1H3,(H,27,31)/t19?,20?,22?,23-/m1/s1. The van der Waals surface area contributed by atoms with Gasteiger partial charge in [-0.25, -0.2) is 4.39 Å². The average molecular weight is 431 g/mol. The monoisotopic (exact) mass is 430 g/mol. The van der Waals surface area contributed by atoms with Crippen LogP contribution in [0.1, 0.15) is 63.9 Å². The number of nitrogens with one attached hydrogen (secondary N) is 1. The summed E-state index contributed by atoms with van der Waals surface area (Å²) in [7, 11) is 0. The molecular formula is C24H35FN4O2. The molecule has 1 saturated heterocycles. The van der Waals surface area contributed by atoms with Crippen LogP contribution in [0.3, 0.4) is 0 Å². The SMILES string of the molecule is CC(=O)N1CCC(N(Cc2ccc(F)cc2)C2CC2)C[C@@H]1C(=O)NC1CCC(N)CC1. The quantitative estimate of drug-likeness (QED) is 0.727. The Morgan fingerprint density at radius 1 is 1.06 bits per heavy atom. The molecule has 1 aromatic rings. The van der Waals surface area contributed by atoms with Crippen LogP contribution in [0.5, 0.6) is 0 Å². The Bertz CT molecular complexity index is 774. The topological polar surface area (TPSA) is 78.7 Å². The van der Waals surface area contributed by atoms with Crippen LogP contribution in [0.25, 0.3) is 0 Å². The fourth-order valence-corrected chi connectivity index (χ4v) is 5.20. The third kappa shape index (κ3) is 5.63. The first-order valence-corrected chi connectivity index (χ1v) is 11.7. The number of nitrogens with two attached hydrogens (primary N) is 1. The highest BCUT2D eigenvalue weighted by molar-refractivity contribution is 5.87. The molecule has 6 nitrogen and oxygen atoms in total. The minimum Gasteiger partial charge on any atom is -0.352 e. The lowest BCUT2D eigenvalue weighted by molar-refractivity contribution is -0.142. The zero-order chi connectivity index (χ0) is 22.0. The number of amides is 2. The second-order valence-electron chi connectivity index (χ2n) is 9.56. The number of halogens is 1. The second-order valence-corrected chi connectivity index (χ2v) is 9.56. The van der Waals surface area contributed by atoms with Crippen molar-refractivity contribution in [2.45, 2.75) is 95.0 Å². The molecule has 1 aliphatic heterocycles. The largest absolute Gasteiger partial charge is 0.352 e. The van der Waals surface area contributed by atoms with E-state index in [0.717, 1.165) is 57.1 Å². The number of hydrogen-bond donors (Lipinski definition) is 2. The molecule has 3 fully saturated rings. The van der Waals surface area contributed by atoms with Gasteiger partial charge in [-0.05, 0) is 69.1 Å². The van der Waals surface area contributed by atoms with Crippen LogP contribution in [0, 0.1) is 5.82 Å². The molecule has 31 heavy (non-hydrogen) atoms. The third-order valence-electron chi connectivity index (χ3n) is 7.16. The van der Waals surface area contributed by atoms with E-state index in [2.05, 4.69) is 10.2 Å². The molecule has 3 aliphatic rings. The minimum atomic E-state index is -0.429. The first-order chi connectivity index (χ1) is 14.9. The molecule has 170 valence electrons. The van der Waals surface area contributed by atoms with Crippen molar-refractivity contribution >= 4 is 11.8 Å². The van der Waals surface area contributed by atoms with Gasteiger partial charge in [0.15, 0.2) is 0 Å². The zero-order valence-electron chi connectivity index (χ0n) is 18.4. The Morgan fingerprint density at radius 2 is 1.74 bits per heavy atom. The molecule has 7 heteroatoms. The fourth-order valence-electron chi connectivity index (χ4n) is 5.20.